The Kier molecular flexibility index (Phi) is 3.58. The molecule has 0 N–H and O–H groups in total. The Balaban J connectivity index is 2.78. The Hall–Kier alpha value is -1.22. The van der Waals surface area contributed by atoms with Gasteiger partial charge in [-0.1, -0.05) is 12.1 Å². The molecule has 3 heteroatoms. The quantitative estimate of drug-likeness (QED) is 0.666. The molecular formula is C10H11FO2. The van der Waals surface area contributed by atoms with Crippen LogP contribution in [-0.4, -0.2) is 13.4 Å². The molecule has 1 atom stereocenters. The van der Waals surface area contributed by atoms with E-state index in [4.69, 9.17) is 4.74 Å². The third-order valence-electron chi connectivity index (χ3n) is 1.84. The predicted molar refractivity (Wildman–Crippen MR) is 46.8 cm³/mol. The number of benzene rings is 1. The van der Waals surface area contributed by atoms with Crippen LogP contribution in [0.25, 0.3) is 0 Å². The van der Waals surface area contributed by atoms with Crippen molar-refractivity contribution in [3.8, 4) is 0 Å². The number of rotatable bonds is 4. The smallest absolute Gasteiger partial charge is 0.123 e. The molecule has 0 aromatic heterocycles. The molecule has 0 aliphatic carbocycles. The number of halogens is 1. The molecule has 0 spiro atoms. The lowest BCUT2D eigenvalue weighted by Gasteiger charge is -2.11. The van der Waals surface area contributed by atoms with E-state index in [1.54, 1.807) is 12.1 Å². The van der Waals surface area contributed by atoms with Gasteiger partial charge in [-0.15, -0.1) is 0 Å². The summed E-state index contributed by atoms with van der Waals surface area (Å²) in [6.45, 7) is 0. The average Bonchev–Trinajstić information content (AvgIpc) is 2.16. The molecule has 1 aromatic rings. The summed E-state index contributed by atoms with van der Waals surface area (Å²) in [5.74, 6) is -0.287. The molecule has 0 saturated carbocycles. The molecule has 0 fully saturated rings. The van der Waals surface area contributed by atoms with E-state index in [1.807, 2.05) is 0 Å². The Bertz CT molecular complexity index is 269. The van der Waals surface area contributed by atoms with Crippen LogP contribution in [0, 0.1) is 5.82 Å². The Morgan fingerprint density at radius 1 is 1.46 bits per heavy atom. The zero-order chi connectivity index (χ0) is 9.68. The summed E-state index contributed by atoms with van der Waals surface area (Å²) in [5.41, 5.74) is 0.816. The van der Waals surface area contributed by atoms with E-state index in [9.17, 15) is 9.18 Å². The van der Waals surface area contributed by atoms with Crippen LogP contribution >= 0.6 is 0 Å². The van der Waals surface area contributed by atoms with Gasteiger partial charge in [0.15, 0.2) is 0 Å². The highest BCUT2D eigenvalue weighted by molar-refractivity contribution is 5.51. The van der Waals surface area contributed by atoms with Gasteiger partial charge in [-0.05, 0) is 17.7 Å². The highest BCUT2D eigenvalue weighted by Gasteiger charge is 2.08. The number of carbonyl (C=O) groups is 1. The van der Waals surface area contributed by atoms with Crippen molar-refractivity contribution in [3.63, 3.8) is 0 Å². The van der Waals surface area contributed by atoms with Crippen molar-refractivity contribution >= 4 is 6.29 Å². The maximum Gasteiger partial charge on any atom is 0.123 e. The van der Waals surface area contributed by atoms with E-state index in [0.29, 0.717) is 6.42 Å². The average molecular weight is 182 g/mol. The van der Waals surface area contributed by atoms with Crippen molar-refractivity contribution in [2.45, 2.75) is 12.5 Å². The first-order valence-electron chi connectivity index (χ1n) is 4.00. The van der Waals surface area contributed by atoms with Crippen molar-refractivity contribution < 1.29 is 13.9 Å². The molecule has 13 heavy (non-hydrogen) atoms. The maximum absolute atomic E-state index is 12.5. The largest absolute Gasteiger partial charge is 0.376 e. The lowest BCUT2D eigenvalue weighted by atomic mass is 10.1. The first kappa shape index (κ1) is 9.86. The molecule has 70 valence electrons. The Morgan fingerprint density at radius 3 is 2.54 bits per heavy atom. The zero-order valence-electron chi connectivity index (χ0n) is 7.37. The molecule has 0 aliphatic heterocycles. The van der Waals surface area contributed by atoms with E-state index >= 15 is 0 Å². The molecule has 0 amide bonds. The minimum atomic E-state index is -0.287. The van der Waals surface area contributed by atoms with Crippen LogP contribution in [0.2, 0.25) is 0 Å². The van der Waals surface area contributed by atoms with Crippen LogP contribution in [0.3, 0.4) is 0 Å². The molecule has 1 aromatic carbocycles. The van der Waals surface area contributed by atoms with Crippen molar-refractivity contribution in [2.75, 3.05) is 7.11 Å². The fraction of sp³-hybridized carbons (Fsp3) is 0.300. The third kappa shape index (κ3) is 2.63. The van der Waals surface area contributed by atoms with Gasteiger partial charge in [0.1, 0.15) is 12.1 Å². The van der Waals surface area contributed by atoms with Gasteiger partial charge in [-0.3, -0.25) is 0 Å². The number of hydrogen-bond acceptors (Lipinski definition) is 2. The first-order valence-corrected chi connectivity index (χ1v) is 4.00. The van der Waals surface area contributed by atoms with Crippen molar-refractivity contribution in [1.82, 2.24) is 0 Å². The first-order chi connectivity index (χ1) is 6.27. The fourth-order valence-electron chi connectivity index (χ4n) is 1.13. The summed E-state index contributed by atoms with van der Waals surface area (Å²) in [6.07, 6.45) is 0.817. The minimum Gasteiger partial charge on any atom is -0.376 e. The summed E-state index contributed by atoms with van der Waals surface area (Å²) in [4.78, 5) is 10.3. The molecular weight excluding hydrogens is 171 g/mol. The molecule has 0 heterocycles. The SMILES string of the molecule is COC(CC=O)c1ccc(F)cc1. The predicted octanol–water partition coefficient (Wildman–Crippen LogP) is 2.10. The van der Waals surface area contributed by atoms with Crippen LogP contribution in [0.5, 0.6) is 0 Å². The second kappa shape index (κ2) is 4.72. The van der Waals surface area contributed by atoms with Crippen LogP contribution in [0.4, 0.5) is 4.39 Å². The zero-order valence-corrected chi connectivity index (χ0v) is 7.37. The molecule has 2 nitrogen and oxygen atoms in total. The Morgan fingerprint density at radius 2 is 2.08 bits per heavy atom. The second-order valence-electron chi connectivity index (χ2n) is 2.68. The van der Waals surface area contributed by atoms with E-state index in [0.717, 1.165) is 11.8 Å². The van der Waals surface area contributed by atoms with E-state index < -0.39 is 0 Å². The molecule has 0 aliphatic rings. The summed E-state index contributed by atoms with van der Waals surface area (Å²) in [6, 6.07) is 5.94. The molecule has 1 rings (SSSR count). The fourth-order valence-corrected chi connectivity index (χ4v) is 1.13. The van der Waals surface area contributed by atoms with Gasteiger partial charge in [-0.25, -0.2) is 4.39 Å². The summed E-state index contributed by atoms with van der Waals surface area (Å²) < 4.78 is 17.6. The van der Waals surface area contributed by atoms with Gasteiger partial charge >= 0.3 is 0 Å². The molecule has 0 saturated heterocycles. The van der Waals surface area contributed by atoms with E-state index in [-0.39, 0.29) is 11.9 Å². The standard InChI is InChI=1S/C10H11FO2/c1-13-10(6-7-12)8-2-4-9(11)5-3-8/h2-5,7,10H,6H2,1H3. The normalized spacial score (nSPS) is 12.5. The van der Waals surface area contributed by atoms with Gasteiger partial charge in [0, 0.05) is 13.5 Å². The highest BCUT2D eigenvalue weighted by Crippen LogP contribution is 2.19. The molecule has 0 radical (unpaired) electrons. The molecule has 0 bridgehead atoms. The number of hydrogen-bond donors (Lipinski definition) is 0. The topological polar surface area (TPSA) is 26.3 Å². The summed E-state index contributed by atoms with van der Waals surface area (Å²) >= 11 is 0. The Labute approximate surface area is 76.3 Å². The number of carbonyl (C=O) groups excluding carboxylic acids is 1. The lowest BCUT2D eigenvalue weighted by Crippen LogP contribution is -2.01. The van der Waals surface area contributed by atoms with Gasteiger partial charge < -0.3 is 9.53 Å². The van der Waals surface area contributed by atoms with Crippen molar-refractivity contribution in [3.05, 3.63) is 35.6 Å². The monoisotopic (exact) mass is 182 g/mol. The summed E-state index contributed by atoms with van der Waals surface area (Å²) in [7, 11) is 1.53. The highest BCUT2D eigenvalue weighted by atomic mass is 19.1. The van der Waals surface area contributed by atoms with Crippen LogP contribution in [0.1, 0.15) is 18.1 Å². The number of methoxy groups -OCH3 is 1. The second-order valence-corrected chi connectivity index (χ2v) is 2.68. The third-order valence-corrected chi connectivity index (χ3v) is 1.84. The summed E-state index contributed by atoms with van der Waals surface area (Å²) in [5, 5.41) is 0. The lowest BCUT2D eigenvalue weighted by molar-refractivity contribution is -0.110. The number of ether oxygens (including phenoxy) is 1. The van der Waals surface area contributed by atoms with Crippen molar-refractivity contribution in [1.29, 1.82) is 0 Å². The van der Waals surface area contributed by atoms with Gasteiger partial charge in [-0.2, -0.15) is 0 Å². The van der Waals surface area contributed by atoms with Crippen molar-refractivity contribution in [2.24, 2.45) is 0 Å². The van der Waals surface area contributed by atoms with Gasteiger partial charge in [0.05, 0.1) is 6.10 Å². The van der Waals surface area contributed by atoms with Crippen LogP contribution in [-0.2, 0) is 9.53 Å². The van der Waals surface area contributed by atoms with E-state index in [1.165, 1.54) is 19.2 Å². The minimum absolute atomic E-state index is 0.266. The van der Waals surface area contributed by atoms with E-state index in [2.05, 4.69) is 0 Å². The van der Waals surface area contributed by atoms with Crippen LogP contribution < -0.4 is 0 Å². The molecule has 1 unspecified atom stereocenters. The van der Waals surface area contributed by atoms with Gasteiger partial charge in [0.25, 0.3) is 0 Å². The maximum atomic E-state index is 12.5. The van der Waals surface area contributed by atoms with Gasteiger partial charge in [0.2, 0.25) is 0 Å². The number of aldehydes is 1. The van der Waals surface area contributed by atoms with Crippen LogP contribution in [0.15, 0.2) is 24.3 Å².